The molecule has 0 aliphatic carbocycles. The van der Waals surface area contributed by atoms with Gasteiger partial charge in [0.1, 0.15) is 0 Å². The van der Waals surface area contributed by atoms with Crippen LogP contribution in [0.3, 0.4) is 0 Å². The van der Waals surface area contributed by atoms with Gasteiger partial charge in [-0.2, -0.15) is 4.98 Å². The van der Waals surface area contributed by atoms with Crippen molar-refractivity contribution >= 4 is 5.91 Å². The predicted octanol–water partition coefficient (Wildman–Crippen LogP) is 0.673. The maximum Gasteiger partial charge on any atom is 0.417 e. The SMILES string of the molecule is CCCCNC(=O)COc1nc(C)no1. The summed E-state index contributed by atoms with van der Waals surface area (Å²) < 4.78 is 9.64. The van der Waals surface area contributed by atoms with E-state index in [2.05, 4.69) is 26.9 Å². The molecular weight excluding hydrogens is 198 g/mol. The average molecular weight is 213 g/mol. The van der Waals surface area contributed by atoms with E-state index >= 15 is 0 Å². The zero-order chi connectivity index (χ0) is 11.1. The van der Waals surface area contributed by atoms with Gasteiger partial charge in [-0.15, -0.1) is 0 Å². The molecule has 1 aromatic heterocycles. The minimum atomic E-state index is -0.181. The lowest BCUT2D eigenvalue weighted by Crippen LogP contribution is -2.29. The summed E-state index contributed by atoms with van der Waals surface area (Å²) in [5.41, 5.74) is 0. The summed E-state index contributed by atoms with van der Waals surface area (Å²) in [6.07, 6.45) is 2.04. The fourth-order valence-corrected chi connectivity index (χ4v) is 0.920. The third-order valence-corrected chi connectivity index (χ3v) is 1.69. The monoisotopic (exact) mass is 213 g/mol. The Bertz CT molecular complexity index is 311. The van der Waals surface area contributed by atoms with Gasteiger partial charge in [-0.1, -0.05) is 18.5 Å². The number of hydrogen-bond donors (Lipinski definition) is 1. The molecule has 1 rings (SSSR count). The largest absolute Gasteiger partial charge is 0.439 e. The molecule has 6 nitrogen and oxygen atoms in total. The van der Waals surface area contributed by atoms with Crippen molar-refractivity contribution in [2.24, 2.45) is 0 Å². The summed E-state index contributed by atoms with van der Waals surface area (Å²) in [6, 6.07) is 0. The standard InChI is InChI=1S/C9H15N3O3/c1-3-4-5-10-8(13)6-14-9-11-7(2)12-15-9/h3-6H2,1-2H3,(H,10,13). The van der Waals surface area contributed by atoms with E-state index in [1.807, 2.05) is 0 Å². The lowest BCUT2D eigenvalue weighted by molar-refractivity contribution is -0.123. The number of aryl methyl sites for hydroxylation is 1. The Hall–Kier alpha value is -1.59. The fraction of sp³-hybridized carbons (Fsp3) is 0.667. The number of unbranched alkanes of at least 4 members (excludes halogenated alkanes) is 1. The summed E-state index contributed by atoms with van der Waals surface area (Å²) in [7, 11) is 0. The van der Waals surface area contributed by atoms with E-state index in [1.165, 1.54) is 0 Å². The number of carbonyl (C=O) groups excluding carboxylic acids is 1. The van der Waals surface area contributed by atoms with E-state index in [-0.39, 0.29) is 18.6 Å². The minimum absolute atomic E-state index is 0.0261. The molecule has 15 heavy (non-hydrogen) atoms. The van der Waals surface area contributed by atoms with Crippen molar-refractivity contribution in [3.05, 3.63) is 5.82 Å². The minimum Gasteiger partial charge on any atom is -0.439 e. The first kappa shape index (κ1) is 11.5. The molecule has 0 aliphatic heterocycles. The highest BCUT2D eigenvalue weighted by atomic mass is 16.6. The number of rotatable bonds is 6. The highest BCUT2D eigenvalue weighted by Crippen LogP contribution is 2.04. The molecule has 1 aromatic rings. The first-order valence-electron chi connectivity index (χ1n) is 4.92. The maximum absolute atomic E-state index is 11.2. The Kier molecular flexibility index (Phi) is 4.59. The number of hydrogen-bond acceptors (Lipinski definition) is 5. The molecule has 0 spiro atoms. The summed E-state index contributed by atoms with van der Waals surface area (Å²) in [6.45, 7) is 4.31. The summed E-state index contributed by atoms with van der Waals surface area (Å²) in [5, 5.41) is 6.23. The van der Waals surface area contributed by atoms with E-state index in [1.54, 1.807) is 6.92 Å². The molecule has 0 atom stereocenters. The Morgan fingerprint density at radius 2 is 2.40 bits per heavy atom. The van der Waals surface area contributed by atoms with Gasteiger partial charge >= 0.3 is 6.08 Å². The van der Waals surface area contributed by atoms with Crippen molar-refractivity contribution in [3.63, 3.8) is 0 Å². The maximum atomic E-state index is 11.2. The van der Waals surface area contributed by atoms with Crippen molar-refractivity contribution in [1.29, 1.82) is 0 Å². The Balaban J connectivity index is 2.16. The van der Waals surface area contributed by atoms with Crippen molar-refractivity contribution in [1.82, 2.24) is 15.5 Å². The van der Waals surface area contributed by atoms with Gasteiger partial charge in [0.2, 0.25) is 0 Å². The van der Waals surface area contributed by atoms with Crippen molar-refractivity contribution in [3.8, 4) is 6.08 Å². The highest BCUT2D eigenvalue weighted by molar-refractivity contribution is 5.77. The number of nitrogens with zero attached hydrogens (tertiary/aromatic N) is 2. The highest BCUT2D eigenvalue weighted by Gasteiger charge is 2.06. The first-order valence-corrected chi connectivity index (χ1v) is 4.92. The van der Waals surface area contributed by atoms with Crippen molar-refractivity contribution < 1.29 is 14.1 Å². The third-order valence-electron chi connectivity index (χ3n) is 1.69. The molecule has 0 aliphatic rings. The van der Waals surface area contributed by atoms with E-state index in [4.69, 9.17) is 4.74 Å². The van der Waals surface area contributed by atoms with Crippen LogP contribution >= 0.6 is 0 Å². The quantitative estimate of drug-likeness (QED) is 0.703. The molecule has 0 saturated carbocycles. The molecule has 1 amide bonds. The second kappa shape index (κ2) is 6.00. The molecule has 0 radical (unpaired) electrons. The zero-order valence-corrected chi connectivity index (χ0v) is 8.95. The van der Waals surface area contributed by atoms with E-state index in [0.717, 1.165) is 12.8 Å². The van der Waals surface area contributed by atoms with Crippen LogP contribution in [0.5, 0.6) is 6.08 Å². The molecule has 0 unspecified atom stereocenters. The van der Waals surface area contributed by atoms with Gasteiger partial charge in [0.25, 0.3) is 5.91 Å². The second-order valence-electron chi connectivity index (χ2n) is 3.10. The van der Waals surface area contributed by atoms with E-state index < -0.39 is 0 Å². The fourth-order valence-electron chi connectivity index (χ4n) is 0.920. The summed E-state index contributed by atoms with van der Waals surface area (Å²) in [4.78, 5) is 15.0. The topological polar surface area (TPSA) is 77.2 Å². The molecule has 0 saturated heterocycles. The predicted molar refractivity (Wildman–Crippen MR) is 52.4 cm³/mol. The van der Waals surface area contributed by atoms with Crippen LogP contribution in [0.4, 0.5) is 0 Å². The van der Waals surface area contributed by atoms with Crippen LogP contribution < -0.4 is 10.1 Å². The van der Waals surface area contributed by atoms with Crippen LogP contribution in [-0.2, 0) is 4.79 Å². The zero-order valence-electron chi connectivity index (χ0n) is 8.95. The molecular formula is C9H15N3O3. The summed E-state index contributed by atoms with van der Waals surface area (Å²) in [5.74, 6) is 0.302. The number of carbonyl (C=O) groups is 1. The lowest BCUT2D eigenvalue weighted by Gasteiger charge is -2.02. The average Bonchev–Trinajstić information content (AvgIpc) is 2.62. The van der Waals surface area contributed by atoms with Crippen LogP contribution in [0.2, 0.25) is 0 Å². The molecule has 1 N–H and O–H groups in total. The number of nitrogens with one attached hydrogen (secondary N) is 1. The van der Waals surface area contributed by atoms with Gasteiger partial charge in [0.15, 0.2) is 12.4 Å². The van der Waals surface area contributed by atoms with Crippen molar-refractivity contribution in [2.45, 2.75) is 26.7 Å². The third kappa shape index (κ3) is 4.44. The van der Waals surface area contributed by atoms with Crippen LogP contribution in [0.15, 0.2) is 4.52 Å². The summed E-state index contributed by atoms with van der Waals surface area (Å²) >= 11 is 0. The Morgan fingerprint density at radius 3 is 3.00 bits per heavy atom. The molecule has 6 heteroatoms. The van der Waals surface area contributed by atoms with Gasteiger partial charge in [0, 0.05) is 6.54 Å². The molecule has 0 aromatic carbocycles. The van der Waals surface area contributed by atoms with Crippen LogP contribution in [-0.4, -0.2) is 29.2 Å². The van der Waals surface area contributed by atoms with Crippen molar-refractivity contribution in [2.75, 3.05) is 13.2 Å². The number of ether oxygens (including phenoxy) is 1. The van der Waals surface area contributed by atoms with Gasteiger partial charge in [-0.25, -0.2) is 0 Å². The van der Waals surface area contributed by atoms with Gasteiger partial charge in [-0.05, 0) is 13.3 Å². The Morgan fingerprint density at radius 1 is 1.60 bits per heavy atom. The molecule has 1 heterocycles. The molecule has 0 bridgehead atoms. The van der Waals surface area contributed by atoms with E-state index in [0.29, 0.717) is 12.4 Å². The van der Waals surface area contributed by atoms with E-state index in [9.17, 15) is 4.79 Å². The Labute approximate surface area is 88.0 Å². The lowest BCUT2D eigenvalue weighted by atomic mass is 10.3. The normalized spacial score (nSPS) is 10.0. The first-order chi connectivity index (χ1) is 7.22. The van der Waals surface area contributed by atoms with Crippen LogP contribution in [0, 0.1) is 6.92 Å². The smallest absolute Gasteiger partial charge is 0.417 e. The number of aromatic nitrogens is 2. The van der Waals surface area contributed by atoms with Crippen LogP contribution in [0.25, 0.3) is 0 Å². The van der Waals surface area contributed by atoms with Gasteiger partial charge in [0.05, 0.1) is 0 Å². The second-order valence-corrected chi connectivity index (χ2v) is 3.10. The number of amides is 1. The molecule has 0 fully saturated rings. The van der Waals surface area contributed by atoms with Gasteiger partial charge < -0.3 is 10.1 Å². The molecule has 84 valence electrons. The van der Waals surface area contributed by atoms with Crippen LogP contribution in [0.1, 0.15) is 25.6 Å². The van der Waals surface area contributed by atoms with Gasteiger partial charge in [-0.3, -0.25) is 9.32 Å².